The Hall–Kier alpha value is -1.11. The van der Waals surface area contributed by atoms with Gasteiger partial charge in [-0.25, -0.2) is 9.18 Å². The van der Waals surface area contributed by atoms with Gasteiger partial charge in [0.2, 0.25) is 0 Å². The number of carbonyl (C=O) groups excluding carboxylic acids is 1. The number of carbonyl (C=O) groups is 1. The maximum atomic E-state index is 13.7. The molecule has 0 aliphatic carbocycles. The van der Waals surface area contributed by atoms with Crippen molar-refractivity contribution in [3.05, 3.63) is 33.0 Å². The predicted molar refractivity (Wildman–Crippen MR) is 59.8 cm³/mol. The summed E-state index contributed by atoms with van der Waals surface area (Å²) in [5.41, 5.74) is -2.25. The van der Waals surface area contributed by atoms with E-state index in [1.807, 2.05) is 0 Å². The fourth-order valence-corrected chi connectivity index (χ4v) is 1.88. The fraction of sp³-hybridized carbons (Fsp3) is 0.364. The molecule has 1 aromatic carbocycles. The van der Waals surface area contributed by atoms with Gasteiger partial charge in [-0.05, 0) is 41.4 Å². The van der Waals surface area contributed by atoms with Gasteiger partial charge >= 0.3 is 12.1 Å². The van der Waals surface area contributed by atoms with E-state index in [4.69, 9.17) is 0 Å². The lowest BCUT2D eigenvalue weighted by Crippen LogP contribution is -2.16. The number of benzene rings is 1. The summed E-state index contributed by atoms with van der Waals surface area (Å²) in [6, 6.07) is 0.605. The van der Waals surface area contributed by atoms with Crippen molar-refractivity contribution in [1.82, 2.24) is 0 Å². The van der Waals surface area contributed by atoms with E-state index in [1.54, 1.807) is 0 Å². The highest BCUT2D eigenvalue weighted by Gasteiger charge is 2.36. The number of halogens is 5. The zero-order chi connectivity index (χ0) is 14.1. The van der Waals surface area contributed by atoms with E-state index in [9.17, 15) is 22.4 Å². The van der Waals surface area contributed by atoms with Crippen molar-refractivity contribution in [2.24, 2.45) is 0 Å². The molecule has 1 rings (SSSR count). The molecule has 0 unspecified atom stereocenters. The number of hydrogen-bond donors (Lipinski definition) is 0. The molecule has 18 heavy (non-hydrogen) atoms. The second-order valence-electron chi connectivity index (χ2n) is 3.44. The van der Waals surface area contributed by atoms with Crippen LogP contribution in [0.15, 0.2) is 10.5 Å². The number of esters is 1. The molecule has 0 atom stereocenters. The second-order valence-corrected chi connectivity index (χ2v) is 4.29. The first-order chi connectivity index (χ1) is 8.20. The number of hydrogen-bond acceptors (Lipinski definition) is 2. The molecule has 2 nitrogen and oxygen atoms in total. The summed E-state index contributed by atoms with van der Waals surface area (Å²) >= 11 is 2.66. The number of rotatable bonds is 2. The molecule has 0 amide bonds. The Balaban J connectivity index is 3.51. The minimum atomic E-state index is -4.67. The normalized spacial score (nSPS) is 11.5. The Morgan fingerprint density at radius 1 is 1.44 bits per heavy atom. The van der Waals surface area contributed by atoms with Crippen LogP contribution in [-0.2, 0) is 10.9 Å². The van der Waals surface area contributed by atoms with E-state index in [1.165, 1.54) is 6.92 Å². The lowest BCUT2D eigenvalue weighted by molar-refractivity contribution is -0.138. The van der Waals surface area contributed by atoms with Crippen LogP contribution in [-0.4, -0.2) is 12.6 Å². The first-order valence-corrected chi connectivity index (χ1v) is 5.72. The van der Waals surface area contributed by atoms with Crippen LogP contribution in [0, 0.1) is 12.7 Å². The zero-order valence-corrected chi connectivity index (χ0v) is 11.1. The summed E-state index contributed by atoms with van der Waals surface area (Å²) < 4.78 is 55.9. The van der Waals surface area contributed by atoms with Crippen molar-refractivity contribution < 1.29 is 27.1 Å². The Morgan fingerprint density at radius 2 is 2.00 bits per heavy atom. The third-order valence-electron chi connectivity index (χ3n) is 2.26. The Labute approximate surface area is 109 Å². The van der Waals surface area contributed by atoms with Crippen LogP contribution < -0.4 is 0 Å². The van der Waals surface area contributed by atoms with Gasteiger partial charge in [-0.2, -0.15) is 13.2 Å². The van der Waals surface area contributed by atoms with Gasteiger partial charge in [0.1, 0.15) is 0 Å². The van der Waals surface area contributed by atoms with Crippen molar-refractivity contribution in [1.29, 1.82) is 0 Å². The monoisotopic (exact) mass is 328 g/mol. The van der Waals surface area contributed by atoms with Crippen LogP contribution >= 0.6 is 15.9 Å². The maximum Gasteiger partial charge on any atom is 0.416 e. The third kappa shape index (κ3) is 2.82. The first-order valence-electron chi connectivity index (χ1n) is 4.93. The van der Waals surface area contributed by atoms with Crippen LogP contribution in [0.25, 0.3) is 0 Å². The summed E-state index contributed by atoms with van der Waals surface area (Å²) in [5, 5.41) is 0. The minimum absolute atomic E-state index is 0.0500. The fourth-order valence-electron chi connectivity index (χ4n) is 1.46. The smallest absolute Gasteiger partial charge is 0.416 e. The highest BCUT2D eigenvalue weighted by Crippen LogP contribution is 2.37. The topological polar surface area (TPSA) is 26.3 Å². The molecule has 0 aliphatic rings. The van der Waals surface area contributed by atoms with E-state index in [2.05, 4.69) is 20.7 Å². The van der Waals surface area contributed by atoms with Gasteiger partial charge in [-0.1, -0.05) is 0 Å². The van der Waals surface area contributed by atoms with Crippen molar-refractivity contribution in [3.8, 4) is 0 Å². The zero-order valence-electron chi connectivity index (χ0n) is 9.49. The second kappa shape index (κ2) is 5.26. The minimum Gasteiger partial charge on any atom is -0.462 e. The summed E-state index contributed by atoms with van der Waals surface area (Å²) in [6.07, 6.45) is -4.67. The summed E-state index contributed by atoms with van der Waals surface area (Å²) in [4.78, 5) is 11.5. The molecular weight excluding hydrogens is 320 g/mol. The SMILES string of the molecule is CCOC(=O)c1c(C)c(C(F)(F)F)cc(Br)c1F. The molecular formula is C11H9BrF4O2. The van der Waals surface area contributed by atoms with Gasteiger partial charge in [-0.15, -0.1) is 0 Å². The van der Waals surface area contributed by atoms with Crippen LogP contribution in [0.3, 0.4) is 0 Å². The Bertz CT molecular complexity index is 483. The van der Waals surface area contributed by atoms with Gasteiger partial charge in [0.25, 0.3) is 0 Å². The van der Waals surface area contributed by atoms with Crippen molar-refractivity contribution in [2.45, 2.75) is 20.0 Å². The molecule has 0 N–H and O–H groups in total. The quantitative estimate of drug-likeness (QED) is 0.603. The van der Waals surface area contributed by atoms with Gasteiger partial charge < -0.3 is 4.74 Å². The van der Waals surface area contributed by atoms with Gasteiger partial charge in [-0.3, -0.25) is 0 Å². The lowest BCUT2D eigenvalue weighted by Gasteiger charge is -2.15. The van der Waals surface area contributed by atoms with Gasteiger partial charge in [0.05, 0.1) is 22.2 Å². The van der Waals surface area contributed by atoms with E-state index >= 15 is 0 Å². The standard InChI is InChI=1S/C11H9BrF4O2/c1-3-18-10(17)8-5(2)6(11(14,15)16)4-7(12)9(8)13/h4H,3H2,1-2H3. The van der Waals surface area contributed by atoms with Crippen LogP contribution in [0.2, 0.25) is 0 Å². The van der Waals surface area contributed by atoms with E-state index < -0.39 is 39.1 Å². The van der Waals surface area contributed by atoms with Crippen molar-refractivity contribution in [3.63, 3.8) is 0 Å². The molecule has 0 bridgehead atoms. The van der Waals surface area contributed by atoms with Gasteiger partial charge in [0.15, 0.2) is 5.82 Å². The van der Waals surface area contributed by atoms with Crippen molar-refractivity contribution in [2.75, 3.05) is 6.61 Å². The van der Waals surface area contributed by atoms with E-state index in [0.717, 1.165) is 6.92 Å². The molecule has 0 saturated heterocycles. The lowest BCUT2D eigenvalue weighted by atomic mass is 10.0. The van der Waals surface area contributed by atoms with Gasteiger partial charge in [0, 0.05) is 0 Å². The Morgan fingerprint density at radius 3 is 2.44 bits per heavy atom. The van der Waals surface area contributed by atoms with E-state index in [0.29, 0.717) is 6.07 Å². The Kier molecular flexibility index (Phi) is 4.37. The number of ether oxygens (including phenoxy) is 1. The molecule has 0 fully saturated rings. The molecule has 1 aromatic rings. The van der Waals surface area contributed by atoms with Crippen LogP contribution in [0.5, 0.6) is 0 Å². The molecule has 0 heterocycles. The van der Waals surface area contributed by atoms with Crippen LogP contribution in [0.4, 0.5) is 17.6 Å². The first kappa shape index (κ1) is 14.9. The molecule has 0 spiro atoms. The highest BCUT2D eigenvalue weighted by atomic mass is 79.9. The third-order valence-corrected chi connectivity index (χ3v) is 2.84. The molecule has 0 aliphatic heterocycles. The highest BCUT2D eigenvalue weighted by molar-refractivity contribution is 9.10. The molecule has 0 saturated carbocycles. The molecule has 7 heteroatoms. The predicted octanol–water partition coefficient (Wildman–Crippen LogP) is 4.09. The summed E-state index contributed by atoms with van der Waals surface area (Å²) in [5.74, 6) is -2.17. The average molecular weight is 329 g/mol. The average Bonchev–Trinajstić information content (AvgIpc) is 2.22. The number of alkyl halides is 3. The molecule has 100 valence electrons. The maximum absolute atomic E-state index is 13.7. The molecule has 0 aromatic heterocycles. The van der Waals surface area contributed by atoms with E-state index in [-0.39, 0.29) is 6.61 Å². The molecule has 0 radical (unpaired) electrons. The summed E-state index contributed by atoms with van der Waals surface area (Å²) in [7, 11) is 0. The summed E-state index contributed by atoms with van der Waals surface area (Å²) in [6.45, 7) is 2.46. The largest absolute Gasteiger partial charge is 0.462 e. The van der Waals surface area contributed by atoms with Crippen LogP contribution in [0.1, 0.15) is 28.4 Å². The van der Waals surface area contributed by atoms with Crippen molar-refractivity contribution >= 4 is 21.9 Å².